The molecule has 3 N–H and O–H groups in total. The molecule has 5 nitrogen and oxygen atoms in total. The van der Waals surface area contributed by atoms with Gasteiger partial charge in [-0.15, -0.1) is 11.8 Å². The minimum Gasteiger partial charge on any atom is -0.328 e. The number of aromatic nitrogens is 2. The van der Waals surface area contributed by atoms with Crippen LogP contribution in [-0.2, 0) is 0 Å². The van der Waals surface area contributed by atoms with Crippen LogP contribution in [0.25, 0.3) is 11.3 Å². The minimum absolute atomic E-state index is 0.0779. The van der Waals surface area contributed by atoms with Gasteiger partial charge in [-0.3, -0.25) is 9.78 Å². The Bertz CT molecular complexity index is 1190. The van der Waals surface area contributed by atoms with Crippen molar-refractivity contribution >= 4 is 23.4 Å². The van der Waals surface area contributed by atoms with Crippen LogP contribution in [0.2, 0.25) is 0 Å². The Morgan fingerprint density at radius 2 is 1.82 bits per heavy atom. The second-order valence-corrected chi connectivity index (χ2v) is 9.56. The molecule has 3 atom stereocenters. The molecule has 1 aromatic carbocycles. The summed E-state index contributed by atoms with van der Waals surface area (Å²) < 4.78 is 43.7. The molecule has 1 aliphatic carbocycles. The second kappa shape index (κ2) is 10.1. The number of nitrogens with one attached hydrogen (secondary N) is 1. The molecule has 2 aromatic heterocycles. The number of halogens is 3. The Hall–Kier alpha value is -2.91. The number of anilines is 1. The molecule has 0 radical (unpaired) electrons. The molecule has 1 aliphatic rings. The molecule has 1 amide bonds. The molecule has 0 bridgehead atoms. The molecule has 2 heterocycles. The van der Waals surface area contributed by atoms with Crippen molar-refractivity contribution in [1.82, 2.24) is 9.97 Å². The number of pyridine rings is 2. The molecule has 1 fully saturated rings. The molecule has 9 heteroatoms. The summed E-state index contributed by atoms with van der Waals surface area (Å²) in [5.41, 5.74) is 6.29. The van der Waals surface area contributed by atoms with Crippen LogP contribution in [0.5, 0.6) is 0 Å². The Kier molecular flexibility index (Phi) is 7.23. The van der Waals surface area contributed by atoms with Gasteiger partial charge < -0.3 is 11.1 Å². The van der Waals surface area contributed by atoms with Crippen LogP contribution >= 0.6 is 11.8 Å². The fourth-order valence-corrected chi connectivity index (χ4v) is 5.04. The quantitative estimate of drug-likeness (QED) is 0.448. The lowest BCUT2D eigenvalue weighted by Gasteiger charge is -2.32. The molecule has 34 heavy (non-hydrogen) atoms. The molecule has 0 spiro atoms. The van der Waals surface area contributed by atoms with Crippen LogP contribution in [-0.4, -0.2) is 28.2 Å². The average molecular weight is 487 g/mol. The van der Waals surface area contributed by atoms with Crippen LogP contribution in [0.1, 0.15) is 48.2 Å². The summed E-state index contributed by atoms with van der Waals surface area (Å²) in [7, 11) is 0. The molecule has 0 saturated heterocycles. The zero-order valence-corrected chi connectivity index (χ0v) is 19.6. The fraction of sp³-hybridized carbons (Fsp3) is 0.320. The molecular weight excluding hydrogens is 461 g/mol. The topological polar surface area (TPSA) is 80.9 Å². The predicted octanol–water partition coefficient (Wildman–Crippen LogP) is 5.77. The van der Waals surface area contributed by atoms with E-state index in [4.69, 9.17) is 5.73 Å². The molecule has 0 aliphatic heterocycles. The van der Waals surface area contributed by atoms with Gasteiger partial charge in [-0.05, 0) is 73.2 Å². The van der Waals surface area contributed by atoms with Crippen molar-refractivity contribution in [2.24, 2.45) is 11.7 Å². The van der Waals surface area contributed by atoms with Gasteiger partial charge in [0, 0.05) is 17.1 Å². The first-order valence-corrected chi connectivity index (χ1v) is 12.2. The van der Waals surface area contributed by atoms with Gasteiger partial charge in [-0.25, -0.2) is 18.2 Å². The second-order valence-electron chi connectivity index (χ2n) is 8.68. The molecule has 2 unspecified atom stereocenters. The zero-order chi connectivity index (χ0) is 24.4. The summed E-state index contributed by atoms with van der Waals surface area (Å²) in [6, 6.07) is 6.30. The van der Waals surface area contributed by atoms with E-state index in [-0.39, 0.29) is 17.7 Å². The van der Waals surface area contributed by atoms with E-state index in [9.17, 15) is 18.0 Å². The lowest BCUT2D eigenvalue weighted by atomic mass is 9.76. The first-order valence-electron chi connectivity index (χ1n) is 11.0. The summed E-state index contributed by atoms with van der Waals surface area (Å²) in [4.78, 5) is 21.4. The first kappa shape index (κ1) is 24.2. The van der Waals surface area contributed by atoms with Crippen LogP contribution in [0.3, 0.4) is 0 Å². The highest BCUT2D eigenvalue weighted by molar-refractivity contribution is 7.98. The zero-order valence-electron chi connectivity index (χ0n) is 18.8. The Balaban J connectivity index is 1.64. The monoisotopic (exact) mass is 486 g/mol. The summed E-state index contributed by atoms with van der Waals surface area (Å²) in [6.07, 6.45) is 7.56. The van der Waals surface area contributed by atoms with Crippen LogP contribution in [0.15, 0.2) is 47.6 Å². The Morgan fingerprint density at radius 1 is 1.09 bits per heavy atom. The van der Waals surface area contributed by atoms with E-state index >= 15 is 0 Å². The summed E-state index contributed by atoms with van der Waals surface area (Å²) >= 11 is 1.16. The van der Waals surface area contributed by atoms with Crippen LogP contribution < -0.4 is 11.1 Å². The van der Waals surface area contributed by atoms with Gasteiger partial charge in [-0.1, -0.05) is 6.92 Å². The Morgan fingerprint density at radius 3 is 2.50 bits per heavy atom. The van der Waals surface area contributed by atoms with E-state index < -0.39 is 34.6 Å². The van der Waals surface area contributed by atoms with Crippen molar-refractivity contribution in [1.29, 1.82) is 0 Å². The number of nitrogens with two attached hydrogens (primary N) is 1. The average Bonchev–Trinajstić information content (AvgIpc) is 2.79. The van der Waals surface area contributed by atoms with Crippen LogP contribution in [0.4, 0.5) is 18.9 Å². The van der Waals surface area contributed by atoms with Crippen molar-refractivity contribution in [2.75, 3.05) is 11.6 Å². The fourth-order valence-electron chi connectivity index (χ4n) is 4.60. The SMILES string of the molecule is CSc1cc(F)c(-c2nc(C(=O)Nc3cnccc3C3CC(N)C[C@@H](C)C3)ccc2F)c(F)c1. The summed E-state index contributed by atoms with van der Waals surface area (Å²) in [6.45, 7) is 2.15. The number of thioether (sulfide) groups is 1. The number of carbonyl (C=O) groups is 1. The van der Waals surface area contributed by atoms with Gasteiger partial charge >= 0.3 is 0 Å². The number of carbonyl (C=O) groups excluding carboxylic acids is 1. The maximum absolute atomic E-state index is 14.6. The maximum Gasteiger partial charge on any atom is 0.274 e. The molecular formula is C25H25F3N4OS. The number of nitrogens with zero attached hydrogens (tertiary/aromatic N) is 2. The third-order valence-corrected chi connectivity index (χ3v) is 6.80. The van der Waals surface area contributed by atoms with Gasteiger partial charge in [0.25, 0.3) is 5.91 Å². The molecule has 3 aromatic rings. The minimum atomic E-state index is -0.953. The summed E-state index contributed by atoms with van der Waals surface area (Å²) in [5.74, 6) is -2.86. The normalized spacial score (nSPS) is 20.2. The molecule has 178 valence electrons. The van der Waals surface area contributed by atoms with E-state index in [0.29, 0.717) is 16.5 Å². The lowest BCUT2D eigenvalue weighted by Crippen LogP contribution is -2.31. The van der Waals surface area contributed by atoms with Gasteiger partial charge in [0.2, 0.25) is 0 Å². The highest BCUT2D eigenvalue weighted by Gasteiger charge is 2.28. The van der Waals surface area contributed by atoms with E-state index in [1.165, 1.54) is 6.07 Å². The highest BCUT2D eigenvalue weighted by atomic mass is 32.2. The van der Waals surface area contributed by atoms with E-state index in [1.807, 2.05) is 6.07 Å². The third-order valence-electron chi connectivity index (χ3n) is 6.09. The lowest BCUT2D eigenvalue weighted by molar-refractivity contribution is 0.102. The van der Waals surface area contributed by atoms with Crippen molar-refractivity contribution in [3.8, 4) is 11.3 Å². The van der Waals surface area contributed by atoms with Crippen molar-refractivity contribution < 1.29 is 18.0 Å². The van der Waals surface area contributed by atoms with Gasteiger partial charge in [-0.2, -0.15) is 0 Å². The molecule has 1 saturated carbocycles. The maximum atomic E-state index is 14.6. The van der Waals surface area contributed by atoms with Crippen molar-refractivity contribution in [3.05, 3.63) is 71.4 Å². The summed E-state index contributed by atoms with van der Waals surface area (Å²) in [5, 5.41) is 2.78. The first-order chi connectivity index (χ1) is 16.3. The number of amides is 1. The van der Waals surface area contributed by atoms with Gasteiger partial charge in [0.15, 0.2) is 0 Å². The van der Waals surface area contributed by atoms with E-state index in [0.717, 1.165) is 54.8 Å². The molecule has 4 rings (SSSR count). The van der Waals surface area contributed by atoms with Gasteiger partial charge in [0.1, 0.15) is 28.8 Å². The predicted molar refractivity (Wildman–Crippen MR) is 127 cm³/mol. The number of hydrogen-bond donors (Lipinski definition) is 2. The Labute approximate surface area is 200 Å². The van der Waals surface area contributed by atoms with Gasteiger partial charge in [0.05, 0.1) is 17.4 Å². The number of benzene rings is 1. The van der Waals surface area contributed by atoms with Crippen molar-refractivity contribution in [3.63, 3.8) is 0 Å². The third kappa shape index (κ3) is 5.10. The smallest absolute Gasteiger partial charge is 0.274 e. The van der Waals surface area contributed by atoms with Crippen LogP contribution in [0, 0.1) is 23.4 Å². The standard InChI is InChI=1S/C25H25F3N4OS/c1-13-7-14(9-15(29)8-13)17-5-6-30-12-22(17)32-25(33)21-4-3-18(26)24(31-21)23-19(27)10-16(34-2)11-20(23)28/h3-6,10-15H,7-9,29H2,1-2H3,(H,32,33)/t13-,14?,15?/m0/s1. The van der Waals surface area contributed by atoms with E-state index in [2.05, 4.69) is 22.2 Å². The largest absolute Gasteiger partial charge is 0.328 e. The highest BCUT2D eigenvalue weighted by Crippen LogP contribution is 2.38. The number of rotatable bonds is 5. The van der Waals surface area contributed by atoms with Crippen molar-refractivity contribution in [2.45, 2.75) is 43.0 Å². The van der Waals surface area contributed by atoms with E-state index in [1.54, 1.807) is 18.6 Å². The number of hydrogen-bond acceptors (Lipinski definition) is 5.